The highest BCUT2D eigenvalue weighted by molar-refractivity contribution is 5.53. The highest BCUT2D eigenvalue weighted by Crippen LogP contribution is 2.00. The third kappa shape index (κ3) is 3.13. The maximum Gasteiger partial charge on any atom is 0.134 e. The highest BCUT2D eigenvalue weighted by atomic mass is 16.3. The maximum atomic E-state index is 8.81. The zero-order valence-corrected chi connectivity index (χ0v) is 9.92. The first kappa shape index (κ1) is 12.3. The van der Waals surface area contributed by atoms with E-state index in [9.17, 15) is 0 Å². The van der Waals surface area contributed by atoms with Crippen LogP contribution in [0.4, 0.5) is 0 Å². The standard InChI is InChI=1S/C14H17NO/c1-4-6-7-13-8-11(3)14(16-13)9-12(5-2)10-15/h5,8-9H,3-4,6-7H2,1-2H3/b12-5+,14-9+. The summed E-state index contributed by atoms with van der Waals surface area (Å²) in [7, 11) is 0. The fourth-order valence-electron chi connectivity index (χ4n) is 1.42. The molecule has 1 aromatic heterocycles. The van der Waals surface area contributed by atoms with E-state index in [1.54, 1.807) is 12.2 Å². The number of allylic oxidation sites excluding steroid dienone is 2. The second kappa shape index (κ2) is 5.97. The van der Waals surface area contributed by atoms with Gasteiger partial charge in [-0.3, -0.25) is 0 Å². The van der Waals surface area contributed by atoms with E-state index in [-0.39, 0.29) is 0 Å². The molecule has 2 nitrogen and oxygen atoms in total. The first-order valence-electron chi connectivity index (χ1n) is 5.57. The molecule has 0 unspecified atom stereocenters. The Kier molecular flexibility index (Phi) is 4.60. The van der Waals surface area contributed by atoms with Crippen molar-refractivity contribution >= 4 is 12.7 Å². The van der Waals surface area contributed by atoms with Gasteiger partial charge in [-0.05, 0) is 25.5 Å². The largest absolute Gasteiger partial charge is 0.461 e. The van der Waals surface area contributed by atoms with E-state index in [0.717, 1.165) is 30.2 Å². The van der Waals surface area contributed by atoms with Crippen molar-refractivity contribution in [1.29, 1.82) is 5.26 Å². The molecule has 84 valence electrons. The summed E-state index contributed by atoms with van der Waals surface area (Å²) in [6.07, 6.45) is 6.68. The van der Waals surface area contributed by atoms with E-state index in [0.29, 0.717) is 11.0 Å². The second-order valence-electron chi connectivity index (χ2n) is 3.71. The lowest BCUT2D eigenvalue weighted by molar-refractivity contribution is 0.473. The van der Waals surface area contributed by atoms with Crippen LogP contribution in [0, 0.1) is 11.3 Å². The SMILES string of the molecule is C=c1cc(CCCC)o/c1=C/C(C#N)=C\C. The van der Waals surface area contributed by atoms with Gasteiger partial charge in [-0.2, -0.15) is 5.26 Å². The van der Waals surface area contributed by atoms with Crippen LogP contribution in [-0.4, -0.2) is 0 Å². The van der Waals surface area contributed by atoms with Crippen LogP contribution in [0.25, 0.3) is 12.7 Å². The summed E-state index contributed by atoms with van der Waals surface area (Å²) in [6, 6.07) is 4.05. The van der Waals surface area contributed by atoms with Crippen LogP contribution >= 0.6 is 0 Å². The molecule has 0 fully saturated rings. The maximum absolute atomic E-state index is 8.81. The molecule has 0 bridgehead atoms. The first-order chi connectivity index (χ1) is 7.71. The summed E-state index contributed by atoms with van der Waals surface area (Å²) in [6.45, 7) is 7.89. The van der Waals surface area contributed by atoms with Gasteiger partial charge >= 0.3 is 0 Å². The molecule has 1 rings (SSSR count). The van der Waals surface area contributed by atoms with Gasteiger partial charge in [0.1, 0.15) is 11.2 Å². The molecular weight excluding hydrogens is 198 g/mol. The van der Waals surface area contributed by atoms with Crippen LogP contribution in [-0.2, 0) is 6.42 Å². The topological polar surface area (TPSA) is 36.9 Å². The molecule has 0 atom stereocenters. The highest BCUT2D eigenvalue weighted by Gasteiger charge is 1.99. The van der Waals surface area contributed by atoms with Crippen LogP contribution in [0.3, 0.4) is 0 Å². The summed E-state index contributed by atoms with van der Waals surface area (Å²) in [5.41, 5.74) is 1.29. The van der Waals surface area contributed by atoms with Gasteiger partial charge in [-0.15, -0.1) is 0 Å². The third-order valence-corrected chi connectivity index (χ3v) is 2.40. The number of furan rings is 1. The summed E-state index contributed by atoms with van der Waals surface area (Å²) < 4.78 is 5.64. The molecule has 2 heteroatoms. The predicted molar refractivity (Wildman–Crippen MR) is 65.9 cm³/mol. The summed E-state index contributed by atoms with van der Waals surface area (Å²) >= 11 is 0. The predicted octanol–water partition coefficient (Wildman–Crippen LogP) is 2.28. The lowest BCUT2D eigenvalue weighted by atomic mass is 10.2. The zero-order valence-electron chi connectivity index (χ0n) is 9.92. The van der Waals surface area contributed by atoms with Crippen LogP contribution in [0.1, 0.15) is 32.4 Å². The van der Waals surface area contributed by atoms with Crippen molar-refractivity contribution < 1.29 is 4.42 Å². The number of nitrogens with zero attached hydrogens (tertiary/aromatic N) is 1. The average Bonchev–Trinajstić information content (AvgIpc) is 2.64. The van der Waals surface area contributed by atoms with Crippen molar-refractivity contribution in [2.75, 3.05) is 0 Å². The van der Waals surface area contributed by atoms with E-state index < -0.39 is 0 Å². The summed E-state index contributed by atoms with van der Waals surface area (Å²) in [5.74, 6) is 0.950. The molecule has 0 N–H and O–H groups in total. The number of hydrogen-bond donors (Lipinski definition) is 0. The smallest absolute Gasteiger partial charge is 0.134 e. The van der Waals surface area contributed by atoms with Gasteiger partial charge in [0.25, 0.3) is 0 Å². The van der Waals surface area contributed by atoms with E-state index in [1.807, 2.05) is 13.0 Å². The monoisotopic (exact) mass is 215 g/mol. The fraction of sp³-hybridized carbons (Fsp3) is 0.357. The Morgan fingerprint density at radius 3 is 2.94 bits per heavy atom. The zero-order chi connectivity index (χ0) is 12.0. The van der Waals surface area contributed by atoms with Crippen LogP contribution in [0.2, 0.25) is 0 Å². The van der Waals surface area contributed by atoms with Crippen LogP contribution < -0.4 is 10.6 Å². The molecule has 0 aliphatic heterocycles. The van der Waals surface area contributed by atoms with Gasteiger partial charge in [0.05, 0.1) is 11.6 Å². The van der Waals surface area contributed by atoms with Gasteiger partial charge < -0.3 is 4.42 Å². The Morgan fingerprint density at radius 1 is 1.62 bits per heavy atom. The van der Waals surface area contributed by atoms with Crippen molar-refractivity contribution in [1.82, 2.24) is 0 Å². The van der Waals surface area contributed by atoms with Crippen molar-refractivity contribution in [2.24, 2.45) is 0 Å². The molecule has 0 amide bonds. The molecular formula is C14H17NO. The normalized spacial score (nSPS) is 12.8. The van der Waals surface area contributed by atoms with Gasteiger partial charge in [-0.25, -0.2) is 0 Å². The van der Waals surface area contributed by atoms with Crippen molar-refractivity contribution in [3.05, 3.63) is 34.1 Å². The number of nitriles is 1. The van der Waals surface area contributed by atoms with Crippen LogP contribution in [0.5, 0.6) is 0 Å². The van der Waals surface area contributed by atoms with E-state index in [2.05, 4.69) is 19.6 Å². The Hall–Kier alpha value is -1.75. The van der Waals surface area contributed by atoms with Gasteiger partial charge in [-0.1, -0.05) is 26.0 Å². The Morgan fingerprint density at radius 2 is 2.38 bits per heavy atom. The van der Waals surface area contributed by atoms with Crippen molar-refractivity contribution in [3.63, 3.8) is 0 Å². The second-order valence-corrected chi connectivity index (χ2v) is 3.71. The van der Waals surface area contributed by atoms with Gasteiger partial charge in [0.15, 0.2) is 0 Å². The summed E-state index contributed by atoms with van der Waals surface area (Å²) in [5, 5.41) is 9.66. The molecule has 0 saturated carbocycles. The minimum atomic E-state index is 0.598. The van der Waals surface area contributed by atoms with E-state index in [1.165, 1.54) is 0 Å². The van der Waals surface area contributed by atoms with Crippen molar-refractivity contribution in [2.45, 2.75) is 33.1 Å². The molecule has 0 aromatic carbocycles. The molecule has 0 aliphatic carbocycles. The van der Waals surface area contributed by atoms with E-state index in [4.69, 9.17) is 9.68 Å². The average molecular weight is 215 g/mol. The minimum absolute atomic E-state index is 0.598. The van der Waals surface area contributed by atoms with Gasteiger partial charge in [0.2, 0.25) is 0 Å². The molecule has 0 aliphatic rings. The molecule has 16 heavy (non-hydrogen) atoms. The van der Waals surface area contributed by atoms with Gasteiger partial charge in [0, 0.05) is 11.6 Å². The molecule has 0 saturated heterocycles. The van der Waals surface area contributed by atoms with Crippen molar-refractivity contribution in [3.8, 4) is 6.07 Å². The number of unbranched alkanes of at least 4 members (excludes halogenated alkanes) is 1. The molecule has 1 aromatic rings. The van der Waals surface area contributed by atoms with E-state index >= 15 is 0 Å². The Labute approximate surface area is 96.2 Å². The number of rotatable bonds is 4. The number of aryl methyl sites for hydroxylation is 1. The quantitative estimate of drug-likeness (QED) is 0.722. The molecule has 0 radical (unpaired) electrons. The fourth-order valence-corrected chi connectivity index (χ4v) is 1.42. The Balaban J connectivity index is 3.03. The lowest BCUT2D eigenvalue weighted by Crippen LogP contribution is -2.16. The lowest BCUT2D eigenvalue weighted by Gasteiger charge is -1.91. The number of hydrogen-bond acceptors (Lipinski definition) is 2. The summed E-state index contributed by atoms with van der Waals surface area (Å²) in [4.78, 5) is 0. The minimum Gasteiger partial charge on any atom is -0.461 e. The third-order valence-electron chi connectivity index (χ3n) is 2.40. The van der Waals surface area contributed by atoms with Crippen LogP contribution in [0.15, 0.2) is 22.1 Å². The Bertz CT molecular complexity index is 514. The molecule has 1 heterocycles. The molecule has 0 spiro atoms. The first-order valence-corrected chi connectivity index (χ1v) is 5.57.